The SMILES string of the molecule is CC1CCc2c(sc3ncnc(SCC(N)=S)c23)C1. The quantitative estimate of drug-likeness (QED) is 0.536. The molecule has 2 aromatic rings. The van der Waals surface area contributed by atoms with E-state index in [1.54, 1.807) is 18.1 Å². The summed E-state index contributed by atoms with van der Waals surface area (Å²) in [7, 11) is 0. The van der Waals surface area contributed by atoms with Crippen molar-refractivity contribution in [2.45, 2.75) is 31.2 Å². The van der Waals surface area contributed by atoms with E-state index >= 15 is 0 Å². The molecule has 3 rings (SSSR count). The van der Waals surface area contributed by atoms with E-state index in [1.807, 2.05) is 11.3 Å². The molecule has 6 heteroatoms. The maximum atomic E-state index is 5.59. The first kappa shape index (κ1) is 13.3. The van der Waals surface area contributed by atoms with Crippen molar-refractivity contribution in [1.82, 2.24) is 9.97 Å². The third-order valence-corrected chi connectivity index (χ3v) is 5.94. The molecule has 0 amide bonds. The van der Waals surface area contributed by atoms with Crippen LogP contribution >= 0.6 is 35.3 Å². The van der Waals surface area contributed by atoms with Crippen molar-refractivity contribution >= 4 is 50.5 Å². The Bertz CT molecular complexity index is 635. The normalized spacial score (nSPS) is 18.5. The third-order valence-electron chi connectivity index (χ3n) is 3.41. The van der Waals surface area contributed by atoms with Gasteiger partial charge in [0.15, 0.2) is 0 Å². The van der Waals surface area contributed by atoms with Gasteiger partial charge in [0.2, 0.25) is 0 Å². The molecule has 0 saturated heterocycles. The van der Waals surface area contributed by atoms with E-state index in [2.05, 4.69) is 16.9 Å². The maximum absolute atomic E-state index is 5.59. The maximum Gasteiger partial charge on any atom is 0.128 e. The predicted octanol–water partition coefficient (Wildman–Crippen LogP) is 3.19. The highest BCUT2D eigenvalue weighted by molar-refractivity contribution is 8.01. The third kappa shape index (κ3) is 2.61. The Kier molecular flexibility index (Phi) is 3.73. The molecular weight excluding hydrogens is 294 g/mol. The van der Waals surface area contributed by atoms with Crippen LogP contribution in [0, 0.1) is 5.92 Å². The van der Waals surface area contributed by atoms with Crippen molar-refractivity contribution in [2.24, 2.45) is 11.7 Å². The summed E-state index contributed by atoms with van der Waals surface area (Å²) in [5.41, 5.74) is 7.05. The minimum atomic E-state index is 0.523. The van der Waals surface area contributed by atoms with Crippen molar-refractivity contribution < 1.29 is 0 Å². The second-order valence-corrected chi connectivity index (χ2v) is 7.54. The summed E-state index contributed by atoms with van der Waals surface area (Å²) in [6.45, 7) is 2.32. The molecule has 0 aliphatic heterocycles. The van der Waals surface area contributed by atoms with Gasteiger partial charge in [0.25, 0.3) is 0 Å². The molecule has 2 N–H and O–H groups in total. The Labute approximate surface area is 126 Å². The Balaban J connectivity index is 2.06. The van der Waals surface area contributed by atoms with Crippen molar-refractivity contribution in [3.8, 4) is 0 Å². The highest BCUT2D eigenvalue weighted by Crippen LogP contribution is 2.40. The van der Waals surface area contributed by atoms with Crippen molar-refractivity contribution in [2.75, 3.05) is 5.75 Å². The summed E-state index contributed by atoms with van der Waals surface area (Å²) in [6.07, 6.45) is 5.23. The number of thiocarbonyl (C=S) groups is 1. The summed E-state index contributed by atoms with van der Waals surface area (Å²) < 4.78 is 0. The molecule has 2 heterocycles. The number of nitrogens with two attached hydrogens (primary N) is 1. The lowest BCUT2D eigenvalue weighted by Crippen LogP contribution is -2.11. The molecule has 19 heavy (non-hydrogen) atoms. The minimum Gasteiger partial charge on any atom is -0.393 e. The molecule has 3 nitrogen and oxygen atoms in total. The molecule has 1 aliphatic carbocycles. The van der Waals surface area contributed by atoms with Crippen LogP contribution in [0.1, 0.15) is 23.8 Å². The highest BCUT2D eigenvalue weighted by Gasteiger charge is 2.23. The number of aromatic nitrogens is 2. The van der Waals surface area contributed by atoms with Crippen LogP contribution in [0.3, 0.4) is 0 Å². The molecule has 2 aromatic heterocycles. The zero-order valence-electron chi connectivity index (χ0n) is 10.7. The van der Waals surface area contributed by atoms with E-state index in [9.17, 15) is 0 Å². The molecule has 1 aliphatic rings. The van der Waals surface area contributed by atoms with Crippen LogP contribution in [-0.4, -0.2) is 20.7 Å². The van der Waals surface area contributed by atoms with Crippen LogP contribution in [0.15, 0.2) is 11.4 Å². The Morgan fingerprint density at radius 1 is 1.58 bits per heavy atom. The average molecular weight is 309 g/mol. The molecule has 0 bridgehead atoms. The predicted molar refractivity (Wildman–Crippen MR) is 86.1 cm³/mol. The first-order valence-electron chi connectivity index (χ1n) is 6.31. The van der Waals surface area contributed by atoms with Gasteiger partial charge in [-0.2, -0.15) is 0 Å². The monoisotopic (exact) mass is 309 g/mol. The van der Waals surface area contributed by atoms with Crippen LogP contribution in [-0.2, 0) is 12.8 Å². The lowest BCUT2D eigenvalue weighted by molar-refractivity contribution is 0.509. The number of hydrogen-bond acceptors (Lipinski definition) is 5. The van der Waals surface area contributed by atoms with Gasteiger partial charge in [-0.15, -0.1) is 11.3 Å². The van der Waals surface area contributed by atoms with Crippen molar-refractivity contribution in [1.29, 1.82) is 0 Å². The van der Waals surface area contributed by atoms with E-state index in [1.165, 1.54) is 28.7 Å². The Morgan fingerprint density at radius 3 is 3.21 bits per heavy atom. The molecule has 0 fully saturated rings. The van der Waals surface area contributed by atoms with Gasteiger partial charge in [-0.25, -0.2) is 9.97 Å². The molecule has 100 valence electrons. The smallest absolute Gasteiger partial charge is 0.128 e. The fourth-order valence-electron chi connectivity index (χ4n) is 2.50. The van der Waals surface area contributed by atoms with Gasteiger partial charge in [0.05, 0.1) is 4.99 Å². The van der Waals surface area contributed by atoms with E-state index < -0.39 is 0 Å². The van der Waals surface area contributed by atoms with Gasteiger partial charge in [-0.1, -0.05) is 30.9 Å². The number of nitrogens with zero attached hydrogens (tertiary/aromatic N) is 2. The standard InChI is InChI=1S/C13H15N3S3/c1-7-2-3-8-9(4-7)19-13-11(8)12(15-6-16-13)18-5-10(14)17/h6-7H,2-5H2,1H3,(H2,14,17). The molecular formula is C13H15N3S3. The van der Waals surface area contributed by atoms with Crippen LogP contribution in [0.5, 0.6) is 0 Å². The summed E-state index contributed by atoms with van der Waals surface area (Å²) in [4.78, 5) is 12.0. The zero-order valence-corrected chi connectivity index (χ0v) is 13.1. The topological polar surface area (TPSA) is 51.8 Å². The van der Waals surface area contributed by atoms with Crippen LogP contribution < -0.4 is 5.73 Å². The van der Waals surface area contributed by atoms with E-state index in [0.717, 1.165) is 22.2 Å². The molecule has 0 spiro atoms. The molecule has 0 saturated carbocycles. The zero-order chi connectivity index (χ0) is 13.4. The van der Waals surface area contributed by atoms with Gasteiger partial charge in [0.1, 0.15) is 16.2 Å². The fraction of sp³-hybridized carbons (Fsp3) is 0.462. The second kappa shape index (κ2) is 5.34. The van der Waals surface area contributed by atoms with Crippen LogP contribution in [0.25, 0.3) is 10.2 Å². The Hall–Kier alpha value is -0.720. The van der Waals surface area contributed by atoms with Crippen LogP contribution in [0.4, 0.5) is 0 Å². The number of rotatable bonds is 3. The highest BCUT2D eigenvalue weighted by atomic mass is 32.2. The van der Waals surface area contributed by atoms with Gasteiger partial charge in [0, 0.05) is 16.0 Å². The summed E-state index contributed by atoms with van der Waals surface area (Å²) in [5.74, 6) is 1.42. The number of thiophene rings is 1. The van der Waals surface area contributed by atoms with Gasteiger partial charge < -0.3 is 5.73 Å². The summed E-state index contributed by atoms with van der Waals surface area (Å²) in [5, 5.41) is 2.28. The van der Waals surface area contributed by atoms with E-state index in [4.69, 9.17) is 18.0 Å². The first-order chi connectivity index (χ1) is 9.15. The number of hydrogen-bond donors (Lipinski definition) is 1. The Morgan fingerprint density at radius 2 is 2.42 bits per heavy atom. The van der Waals surface area contributed by atoms with Gasteiger partial charge >= 0.3 is 0 Å². The summed E-state index contributed by atoms with van der Waals surface area (Å²) in [6, 6.07) is 0. The van der Waals surface area contributed by atoms with E-state index in [-0.39, 0.29) is 0 Å². The van der Waals surface area contributed by atoms with Gasteiger partial charge in [-0.05, 0) is 30.7 Å². The van der Waals surface area contributed by atoms with E-state index in [0.29, 0.717) is 10.7 Å². The van der Waals surface area contributed by atoms with Crippen LogP contribution in [0.2, 0.25) is 0 Å². The molecule has 0 aromatic carbocycles. The number of aryl methyl sites for hydroxylation is 1. The minimum absolute atomic E-state index is 0.523. The fourth-order valence-corrected chi connectivity index (χ4v) is 4.85. The molecule has 1 atom stereocenters. The molecule has 1 unspecified atom stereocenters. The lowest BCUT2D eigenvalue weighted by Gasteiger charge is -2.18. The first-order valence-corrected chi connectivity index (χ1v) is 8.52. The largest absolute Gasteiger partial charge is 0.393 e. The second-order valence-electron chi connectivity index (χ2n) is 4.97. The lowest BCUT2D eigenvalue weighted by atomic mass is 9.89. The summed E-state index contributed by atoms with van der Waals surface area (Å²) >= 11 is 8.40. The average Bonchev–Trinajstić information content (AvgIpc) is 2.73. The van der Waals surface area contributed by atoms with Crippen molar-refractivity contribution in [3.05, 3.63) is 16.8 Å². The van der Waals surface area contributed by atoms with Gasteiger partial charge in [-0.3, -0.25) is 0 Å². The number of fused-ring (bicyclic) bond motifs is 3. The molecule has 0 radical (unpaired) electrons. The number of thioether (sulfide) groups is 1. The van der Waals surface area contributed by atoms with Crippen molar-refractivity contribution in [3.63, 3.8) is 0 Å².